The summed E-state index contributed by atoms with van der Waals surface area (Å²) in [6, 6.07) is 0.167. The van der Waals surface area contributed by atoms with E-state index in [1.807, 2.05) is 7.05 Å². The van der Waals surface area contributed by atoms with E-state index >= 15 is 0 Å². The second kappa shape index (κ2) is 6.58. The Morgan fingerprint density at radius 1 is 1.19 bits per heavy atom. The van der Waals surface area contributed by atoms with Crippen molar-refractivity contribution in [3.8, 4) is 0 Å². The van der Waals surface area contributed by atoms with Gasteiger partial charge >= 0.3 is 0 Å². The maximum atomic E-state index is 12.4. The molecule has 0 saturated carbocycles. The highest BCUT2D eigenvalue weighted by Gasteiger charge is 2.36. The number of morpholine rings is 1. The van der Waals surface area contributed by atoms with Crippen LogP contribution in [0.1, 0.15) is 52.4 Å². The Hall–Kier alpha value is -0.120. The molecule has 1 aliphatic rings. The number of unbranched alkanes of at least 4 members (excludes halogenated alkanes) is 2. The smallest absolute Gasteiger partial charge is 0.115 e. The molecule has 0 N–H and O–H groups in total. The monoisotopic (exact) mass is 229 g/mol. The molecule has 0 aromatic carbocycles. The van der Waals surface area contributed by atoms with Crippen LogP contribution >= 0.6 is 0 Å². The summed E-state index contributed by atoms with van der Waals surface area (Å²) in [6.07, 6.45) is 6.94. The quantitative estimate of drug-likeness (QED) is 0.518. The topological polar surface area (TPSA) is 32.3 Å². The molecule has 1 heterocycles. The zero-order valence-corrected chi connectivity index (χ0v) is 11.1. The lowest BCUT2D eigenvalue weighted by Gasteiger charge is -2.51. The summed E-state index contributed by atoms with van der Waals surface area (Å²) < 4.78 is 5.72. The highest BCUT2D eigenvalue weighted by molar-refractivity contribution is 4.75. The van der Waals surface area contributed by atoms with E-state index < -0.39 is 0 Å². The molecule has 0 bridgehead atoms. The van der Waals surface area contributed by atoms with Gasteiger partial charge in [0.15, 0.2) is 0 Å². The van der Waals surface area contributed by atoms with Gasteiger partial charge in [-0.05, 0) is 12.8 Å². The molecule has 96 valence electrons. The van der Waals surface area contributed by atoms with Crippen LogP contribution in [0.25, 0.3) is 0 Å². The van der Waals surface area contributed by atoms with Crippen LogP contribution in [0.3, 0.4) is 0 Å². The summed E-state index contributed by atoms with van der Waals surface area (Å²) in [7, 11) is 1.82. The van der Waals surface area contributed by atoms with Crippen LogP contribution < -0.4 is 0 Å². The molecule has 0 amide bonds. The Morgan fingerprint density at radius 2 is 1.81 bits per heavy atom. The van der Waals surface area contributed by atoms with E-state index in [-0.39, 0.29) is 16.8 Å². The number of quaternary nitrogens is 1. The lowest BCUT2D eigenvalue weighted by Crippen LogP contribution is -2.59. The number of hydrogen-bond acceptors (Lipinski definition) is 2. The van der Waals surface area contributed by atoms with Crippen LogP contribution in [0.4, 0.5) is 0 Å². The van der Waals surface area contributed by atoms with Crippen molar-refractivity contribution >= 4 is 0 Å². The van der Waals surface area contributed by atoms with Gasteiger partial charge in [0.05, 0.1) is 13.7 Å². The SMILES string of the molecule is CCCCC1OCC[N+](C)([O-])C1CCCC. The summed E-state index contributed by atoms with van der Waals surface area (Å²) in [4.78, 5) is 0. The summed E-state index contributed by atoms with van der Waals surface area (Å²) in [5.74, 6) is 0. The molecule has 16 heavy (non-hydrogen) atoms. The van der Waals surface area contributed by atoms with Gasteiger partial charge in [0.2, 0.25) is 0 Å². The van der Waals surface area contributed by atoms with Crippen molar-refractivity contribution in [1.82, 2.24) is 0 Å². The van der Waals surface area contributed by atoms with E-state index in [4.69, 9.17) is 4.74 Å². The molecule has 1 rings (SSSR count). The van der Waals surface area contributed by atoms with Crippen LogP contribution in [0.5, 0.6) is 0 Å². The van der Waals surface area contributed by atoms with Crippen molar-refractivity contribution in [2.75, 3.05) is 20.2 Å². The molecule has 3 heteroatoms. The third-order valence-electron chi connectivity index (χ3n) is 3.69. The molecule has 0 aromatic rings. The molecular formula is C13H27NO2. The highest BCUT2D eigenvalue weighted by Crippen LogP contribution is 2.27. The average molecular weight is 229 g/mol. The van der Waals surface area contributed by atoms with Crippen molar-refractivity contribution in [3.05, 3.63) is 5.21 Å². The van der Waals surface area contributed by atoms with Crippen molar-refractivity contribution in [1.29, 1.82) is 0 Å². The van der Waals surface area contributed by atoms with Crippen LogP contribution in [-0.4, -0.2) is 37.0 Å². The first-order valence-electron chi connectivity index (χ1n) is 6.79. The van der Waals surface area contributed by atoms with Crippen LogP contribution in [0.2, 0.25) is 0 Å². The molecular weight excluding hydrogens is 202 g/mol. The fourth-order valence-electron chi connectivity index (χ4n) is 2.57. The molecule has 3 unspecified atom stereocenters. The maximum absolute atomic E-state index is 12.4. The fraction of sp³-hybridized carbons (Fsp3) is 1.00. The number of nitrogens with zero attached hydrogens (tertiary/aromatic N) is 1. The predicted octanol–water partition coefficient (Wildman–Crippen LogP) is 3.08. The Balaban J connectivity index is 2.56. The summed E-state index contributed by atoms with van der Waals surface area (Å²) >= 11 is 0. The lowest BCUT2D eigenvalue weighted by atomic mass is 9.96. The van der Waals surface area contributed by atoms with Gasteiger partial charge in [0, 0.05) is 6.42 Å². The minimum absolute atomic E-state index is 0.0889. The molecule has 0 aromatic heterocycles. The Kier molecular flexibility index (Phi) is 5.73. The third kappa shape index (κ3) is 3.72. The fourth-order valence-corrected chi connectivity index (χ4v) is 2.57. The second-order valence-electron chi connectivity index (χ2n) is 5.16. The largest absolute Gasteiger partial charge is 0.633 e. The third-order valence-corrected chi connectivity index (χ3v) is 3.69. The Labute approximate surface area is 99.9 Å². The highest BCUT2D eigenvalue weighted by atomic mass is 16.6. The van der Waals surface area contributed by atoms with E-state index in [9.17, 15) is 5.21 Å². The number of likely N-dealkylation sites (N-methyl/N-ethyl adjacent to an activating group) is 1. The van der Waals surface area contributed by atoms with E-state index in [0.717, 1.165) is 25.7 Å². The van der Waals surface area contributed by atoms with Gasteiger partial charge in [-0.25, -0.2) is 0 Å². The molecule has 3 atom stereocenters. The zero-order valence-electron chi connectivity index (χ0n) is 11.1. The minimum Gasteiger partial charge on any atom is -0.633 e. The summed E-state index contributed by atoms with van der Waals surface area (Å²) in [6.45, 7) is 5.63. The van der Waals surface area contributed by atoms with Crippen molar-refractivity contribution in [2.45, 2.75) is 64.5 Å². The maximum Gasteiger partial charge on any atom is 0.115 e. The summed E-state index contributed by atoms with van der Waals surface area (Å²) in [5.41, 5.74) is 0. The van der Waals surface area contributed by atoms with Gasteiger partial charge in [-0.15, -0.1) is 0 Å². The van der Waals surface area contributed by atoms with Crippen LogP contribution in [0.15, 0.2) is 0 Å². The van der Waals surface area contributed by atoms with Gasteiger partial charge in [0.1, 0.15) is 18.7 Å². The molecule has 0 radical (unpaired) electrons. The van der Waals surface area contributed by atoms with E-state index in [1.54, 1.807) is 0 Å². The molecule has 0 spiro atoms. The standard InChI is InChI=1S/C13H27NO2/c1-4-6-8-12-13(9-7-5-2)16-11-10-14(12,3)15/h12-13H,4-11H2,1-3H3. The molecule has 0 aliphatic carbocycles. The number of rotatable bonds is 6. The molecule has 1 fully saturated rings. The van der Waals surface area contributed by atoms with Gasteiger partial charge in [-0.2, -0.15) is 0 Å². The minimum atomic E-state index is -0.0889. The van der Waals surface area contributed by atoms with Gasteiger partial charge < -0.3 is 14.6 Å². The van der Waals surface area contributed by atoms with E-state index in [0.29, 0.717) is 13.2 Å². The average Bonchev–Trinajstić information content (AvgIpc) is 2.24. The summed E-state index contributed by atoms with van der Waals surface area (Å²) in [5, 5.41) is 12.4. The lowest BCUT2D eigenvalue weighted by molar-refractivity contribution is -0.900. The number of ether oxygens (including phenoxy) is 1. The Morgan fingerprint density at radius 3 is 2.44 bits per heavy atom. The second-order valence-corrected chi connectivity index (χ2v) is 5.16. The first kappa shape index (κ1) is 13.9. The molecule has 1 aliphatic heterocycles. The van der Waals surface area contributed by atoms with Crippen molar-refractivity contribution in [3.63, 3.8) is 0 Å². The van der Waals surface area contributed by atoms with Crippen LogP contribution in [-0.2, 0) is 4.74 Å². The zero-order chi connectivity index (χ0) is 12.0. The van der Waals surface area contributed by atoms with Gasteiger partial charge in [-0.3, -0.25) is 0 Å². The first-order chi connectivity index (χ1) is 7.61. The predicted molar refractivity (Wildman–Crippen MR) is 67.0 cm³/mol. The molecule has 1 saturated heterocycles. The molecule has 3 nitrogen and oxygen atoms in total. The first-order valence-corrected chi connectivity index (χ1v) is 6.79. The van der Waals surface area contributed by atoms with E-state index in [2.05, 4.69) is 13.8 Å². The normalized spacial score (nSPS) is 35.2. The van der Waals surface area contributed by atoms with Gasteiger partial charge in [0.25, 0.3) is 0 Å². The Bertz CT molecular complexity index is 194. The van der Waals surface area contributed by atoms with Gasteiger partial charge in [-0.1, -0.05) is 33.1 Å². The number of hydroxylamine groups is 3. The van der Waals surface area contributed by atoms with Crippen molar-refractivity contribution in [2.24, 2.45) is 0 Å². The number of hydrogen-bond donors (Lipinski definition) is 0. The van der Waals surface area contributed by atoms with Crippen LogP contribution in [0, 0.1) is 5.21 Å². The van der Waals surface area contributed by atoms with E-state index in [1.165, 1.54) is 12.8 Å². The van der Waals surface area contributed by atoms with Crippen molar-refractivity contribution < 1.29 is 9.38 Å².